The maximum atomic E-state index is 11.2. The monoisotopic (exact) mass is 202 g/mol. The molecular formula is C10H10N4O. The standard InChI is InChI=1S/C10H10N4O/c1-14-8(4-6-13-14)7-3-2-5-12-9(7)10(11)15/h2-6H,1H3,(H2,11,15). The van der Waals surface area contributed by atoms with Gasteiger partial charge in [0.2, 0.25) is 0 Å². The second-order valence-electron chi connectivity index (χ2n) is 3.10. The maximum Gasteiger partial charge on any atom is 0.268 e. The number of aromatic nitrogens is 3. The fraction of sp³-hybridized carbons (Fsp3) is 0.100. The summed E-state index contributed by atoms with van der Waals surface area (Å²) >= 11 is 0. The lowest BCUT2D eigenvalue weighted by Gasteiger charge is -2.05. The highest BCUT2D eigenvalue weighted by Crippen LogP contribution is 2.20. The average molecular weight is 202 g/mol. The molecule has 5 nitrogen and oxygen atoms in total. The summed E-state index contributed by atoms with van der Waals surface area (Å²) in [5, 5.41) is 4.03. The highest BCUT2D eigenvalue weighted by Gasteiger charge is 2.12. The fourth-order valence-corrected chi connectivity index (χ4v) is 1.45. The predicted molar refractivity (Wildman–Crippen MR) is 55.0 cm³/mol. The summed E-state index contributed by atoms with van der Waals surface area (Å²) < 4.78 is 1.67. The van der Waals surface area contributed by atoms with Crippen molar-refractivity contribution in [3.63, 3.8) is 0 Å². The van der Waals surface area contributed by atoms with Gasteiger partial charge in [-0.2, -0.15) is 5.10 Å². The van der Waals surface area contributed by atoms with Gasteiger partial charge in [0.05, 0.1) is 5.69 Å². The molecule has 1 amide bonds. The number of hydrogen-bond donors (Lipinski definition) is 1. The molecule has 0 aliphatic carbocycles. The number of aryl methyl sites for hydroxylation is 1. The van der Waals surface area contributed by atoms with Crippen molar-refractivity contribution >= 4 is 5.91 Å². The van der Waals surface area contributed by atoms with Crippen molar-refractivity contribution in [1.82, 2.24) is 14.8 Å². The molecular weight excluding hydrogens is 192 g/mol. The number of primary amides is 1. The van der Waals surface area contributed by atoms with Gasteiger partial charge in [-0.1, -0.05) is 0 Å². The smallest absolute Gasteiger partial charge is 0.268 e. The molecule has 0 bridgehead atoms. The van der Waals surface area contributed by atoms with E-state index in [0.29, 0.717) is 5.56 Å². The minimum absolute atomic E-state index is 0.265. The topological polar surface area (TPSA) is 73.8 Å². The van der Waals surface area contributed by atoms with Gasteiger partial charge in [0.1, 0.15) is 5.69 Å². The van der Waals surface area contributed by atoms with Crippen LogP contribution in [0.1, 0.15) is 10.5 Å². The van der Waals surface area contributed by atoms with Crippen LogP contribution in [0, 0.1) is 0 Å². The van der Waals surface area contributed by atoms with Crippen molar-refractivity contribution in [3.8, 4) is 11.3 Å². The van der Waals surface area contributed by atoms with E-state index < -0.39 is 5.91 Å². The average Bonchev–Trinajstić information content (AvgIpc) is 2.64. The summed E-state index contributed by atoms with van der Waals surface area (Å²) in [5.41, 5.74) is 7.02. The first kappa shape index (κ1) is 9.39. The Morgan fingerprint density at radius 2 is 2.20 bits per heavy atom. The molecule has 0 unspecified atom stereocenters. The van der Waals surface area contributed by atoms with E-state index in [2.05, 4.69) is 10.1 Å². The van der Waals surface area contributed by atoms with Gasteiger partial charge in [-0.3, -0.25) is 14.5 Å². The zero-order valence-electron chi connectivity index (χ0n) is 8.21. The van der Waals surface area contributed by atoms with Crippen LogP contribution < -0.4 is 5.73 Å². The van der Waals surface area contributed by atoms with Crippen LogP contribution in [-0.2, 0) is 7.05 Å². The second kappa shape index (κ2) is 3.53. The van der Waals surface area contributed by atoms with Crippen LogP contribution in [0.4, 0.5) is 0 Å². The van der Waals surface area contributed by atoms with Crippen molar-refractivity contribution in [3.05, 3.63) is 36.3 Å². The molecule has 2 aromatic rings. The summed E-state index contributed by atoms with van der Waals surface area (Å²) in [4.78, 5) is 15.1. The van der Waals surface area contributed by atoms with E-state index in [1.165, 1.54) is 0 Å². The number of nitrogens with two attached hydrogens (primary N) is 1. The van der Waals surface area contributed by atoms with Crippen LogP contribution >= 0.6 is 0 Å². The molecule has 5 heteroatoms. The minimum atomic E-state index is -0.535. The van der Waals surface area contributed by atoms with E-state index in [1.807, 2.05) is 6.07 Å². The molecule has 76 valence electrons. The molecule has 0 atom stereocenters. The molecule has 0 aliphatic rings. The molecule has 2 rings (SSSR count). The minimum Gasteiger partial charge on any atom is -0.364 e. The van der Waals surface area contributed by atoms with E-state index in [9.17, 15) is 4.79 Å². The van der Waals surface area contributed by atoms with Gasteiger partial charge in [0.15, 0.2) is 0 Å². The zero-order valence-corrected chi connectivity index (χ0v) is 8.21. The summed E-state index contributed by atoms with van der Waals surface area (Å²) in [6.07, 6.45) is 3.20. The third kappa shape index (κ3) is 1.59. The molecule has 2 N–H and O–H groups in total. The lowest BCUT2D eigenvalue weighted by Crippen LogP contribution is -2.14. The molecule has 0 fully saturated rings. The zero-order chi connectivity index (χ0) is 10.8. The number of nitrogens with zero attached hydrogens (tertiary/aromatic N) is 3. The van der Waals surface area contributed by atoms with Crippen LogP contribution in [0.5, 0.6) is 0 Å². The van der Waals surface area contributed by atoms with E-state index in [0.717, 1.165) is 5.69 Å². The van der Waals surface area contributed by atoms with Crippen molar-refractivity contribution in [1.29, 1.82) is 0 Å². The Hall–Kier alpha value is -2.17. The van der Waals surface area contributed by atoms with Crippen LogP contribution in [0.25, 0.3) is 11.3 Å². The molecule has 0 saturated heterocycles. The van der Waals surface area contributed by atoms with Crippen molar-refractivity contribution in [2.75, 3.05) is 0 Å². The molecule has 2 aromatic heterocycles. The summed E-state index contributed by atoms with van der Waals surface area (Å²) in [5.74, 6) is -0.535. The van der Waals surface area contributed by atoms with E-state index in [-0.39, 0.29) is 5.69 Å². The number of rotatable bonds is 2. The summed E-state index contributed by atoms with van der Waals surface area (Å²) in [7, 11) is 1.80. The van der Waals surface area contributed by atoms with Crippen LogP contribution in [-0.4, -0.2) is 20.7 Å². The summed E-state index contributed by atoms with van der Waals surface area (Å²) in [6, 6.07) is 5.36. The highest BCUT2D eigenvalue weighted by molar-refractivity contribution is 5.97. The van der Waals surface area contributed by atoms with Gasteiger partial charge >= 0.3 is 0 Å². The predicted octanol–water partition coefficient (Wildman–Crippen LogP) is 0.581. The largest absolute Gasteiger partial charge is 0.364 e. The van der Waals surface area contributed by atoms with E-state index in [1.54, 1.807) is 36.3 Å². The Labute approximate surface area is 86.5 Å². The van der Waals surface area contributed by atoms with Gasteiger partial charge in [-0.05, 0) is 18.2 Å². The van der Waals surface area contributed by atoms with Crippen molar-refractivity contribution in [2.45, 2.75) is 0 Å². The molecule has 0 spiro atoms. The van der Waals surface area contributed by atoms with Crippen LogP contribution in [0.2, 0.25) is 0 Å². The Morgan fingerprint density at radius 3 is 2.80 bits per heavy atom. The molecule has 2 heterocycles. The van der Waals surface area contributed by atoms with Gasteiger partial charge in [0.25, 0.3) is 5.91 Å². The fourth-order valence-electron chi connectivity index (χ4n) is 1.45. The first-order chi connectivity index (χ1) is 7.20. The highest BCUT2D eigenvalue weighted by atomic mass is 16.1. The first-order valence-corrected chi connectivity index (χ1v) is 4.43. The van der Waals surface area contributed by atoms with Crippen LogP contribution in [0.3, 0.4) is 0 Å². The van der Waals surface area contributed by atoms with E-state index >= 15 is 0 Å². The van der Waals surface area contributed by atoms with Crippen molar-refractivity contribution in [2.24, 2.45) is 12.8 Å². The van der Waals surface area contributed by atoms with Gasteiger partial charge < -0.3 is 5.73 Å². The van der Waals surface area contributed by atoms with Crippen molar-refractivity contribution < 1.29 is 4.79 Å². The number of amides is 1. The molecule has 0 radical (unpaired) electrons. The Balaban J connectivity index is 2.63. The number of carbonyl (C=O) groups is 1. The summed E-state index contributed by atoms with van der Waals surface area (Å²) in [6.45, 7) is 0. The van der Waals surface area contributed by atoms with Crippen LogP contribution in [0.15, 0.2) is 30.6 Å². The normalized spacial score (nSPS) is 10.2. The SMILES string of the molecule is Cn1nccc1-c1cccnc1C(N)=O. The molecule has 0 saturated carbocycles. The maximum absolute atomic E-state index is 11.2. The second-order valence-corrected chi connectivity index (χ2v) is 3.10. The number of hydrogen-bond acceptors (Lipinski definition) is 3. The first-order valence-electron chi connectivity index (χ1n) is 4.43. The lowest BCUT2D eigenvalue weighted by molar-refractivity contribution is 0.0996. The van der Waals surface area contributed by atoms with Gasteiger partial charge in [0, 0.05) is 25.0 Å². The Morgan fingerprint density at radius 1 is 1.40 bits per heavy atom. The van der Waals surface area contributed by atoms with Gasteiger partial charge in [-0.15, -0.1) is 0 Å². The molecule has 0 aromatic carbocycles. The number of carbonyl (C=O) groups excluding carboxylic acids is 1. The Bertz CT molecular complexity index is 504. The van der Waals surface area contributed by atoms with Gasteiger partial charge in [-0.25, -0.2) is 0 Å². The lowest BCUT2D eigenvalue weighted by atomic mass is 10.1. The molecule has 0 aliphatic heterocycles. The molecule has 15 heavy (non-hydrogen) atoms. The number of pyridine rings is 1. The Kier molecular flexibility index (Phi) is 2.21. The van der Waals surface area contributed by atoms with E-state index in [4.69, 9.17) is 5.73 Å². The third-order valence-electron chi connectivity index (χ3n) is 2.14. The quantitative estimate of drug-likeness (QED) is 0.774. The third-order valence-corrected chi connectivity index (χ3v) is 2.14.